The molecule has 1 aliphatic carbocycles. The number of pyridine rings is 1. The summed E-state index contributed by atoms with van der Waals surface area (Å²) in [5, 5.41) is 10.5. The van der Waals surface area contributed by atoms with E-state index < -0.39 is 18.4 Å². The molecule has 0 bridgehead atoms. The van der Waals surface area contributed by atoms with Crippen LogP contribution < -0.4 is 4.90 Å². The van der Waals surface area contributed by atoms with Crippen LogP contribution in [0.1, 0.15) is 39.1 Å². The maximum Gasteiger partial charge on any atom is 0.339 e. The van der Waals surface area contributed by atoms with Crippen molar-refractivity contribution < 1.29 is 29.0 Å². The van der Waals surface area contributed by atoms with E-state index in [2.05, 4.69) is 47.8 Å². The molecule has 2 heterocycles. The van der Waals surface area contributed by atoms with Gasteiger partial charge >= 0.3 is 5.97 Å². The van der Waals surface area contributed by atoms with Crippen molar-refractivity contribution in [3.05, 3.63) is 87.9 Å². The second-order valence-electron chi connectivity index (χ2n) is 11.0. The Morgan fingerprint density at radius 3 is 2.20 bits per heavy atom. The average Bonchev–Trinajstić information content (AvgIpc) is 3.24. The van der Waals surface area contributed by atoms with E-state index in [-0.39, 0.29) is 50.2 Å². The number of phenols is 1. The predicted octanol–water partition coefficient (Wildman–Crippen LogP) is 7.14. The second kappa shape index (κ2) is 12.2. The van der Waals surface area contributed by atoms with E-state index in [1.807, 2.05) is 13.0 Å². The molecule has 3 aromatic carbocycles. The van der Waals surface area contributed by atoms with Gasteiger partial charge in [0.25, 0.3) is 0 Å². The predicted molar refractivity (Wildman–Crippen MR) is 176 cm³/mol. The monoisotopic (exact) mass is 782 g/mol. The number of carbonyl (C=O) groups is 4. The number of rotatable bonds is 6. The molecule has 44 heavy (non-hydrogen) atoms. The minimum atomic E-state index is -0.720. The summed E-state index contributed by atoms with van der Waals surface area (Å²) in [7, 11) is 0. The number of hydrogen-bond donors (Lipinski definition) is 1. The van der Waals surface area contributed by atoms with Crippen molar-refractivity contribution in [1.29, 1.82) is 0 Å². The summed E-state index contributed by atoms with van der Waals surface area (Å²) in [5.41, 5.74) is 3.30. The molecule has 2 amide bonds. The van der Waals surface area contributed by atoms with E-state index in [1.165, 1.54) is 17.0 Å². The van der Waals surface area contributed by atoms with Gasteiger partial charge in [0.2, 0.25) is 17.6 Å². The highest BCUT2D eigenvalue weighted by molar-refractivity contribution is 9.12. The average molecular weight is 785 g/mol. The molecule has 6 rings (SSSR count). The van der Waals surface area contributed by atoms with Crippen molar-refractivity contribution >= 4 is 87.9 Å². The van der Waals surface area contributed by atoms with Gasteiger partial charge in [-0.1, -0.05) is 72.1 Å². The quantitative estimate of drug-likeness (QED) is 0.0957. The number of phenolic OH excluding ortho intramolecular Hbond substituents is 1. The molecule has 11 heteroatoms. The van der Waals surface area contributed by atoms with Crippen LogP contribution in [0.5, 0.6) is 5.75 Å². The Kier molecular flexibility index (Phi) is 8.47. The minimum absolute atomic E-state index is 0.0625. The van der Waals surface area contributed by atoms with Crippen molar-refractivity contribution in [2.45, 2.75) is 29.4 Å². The van der Waals surface area contributed by atoms with Crippen molar-refractivity contribution in [2.75, 3.05) is 11.5 Å². The van der Waals surface area contributed by atoms with Crippen LogP contribution in [0.25, 0.3) is 22.2 Å². The van der Waals surface area contributed by atoms with Gasteiger partial charge in [0.05, 0.1) is 39.9 Å². The van der Waals surface area contributed by atoms with Crippen molar-refractivity contribution in [1.82, 2.24) is 4.98 Å². The fraction of sp³-hybridized carbons (Fsp3) is 0.242. The molecule has 1 saturated carbocycles. The number of alkyl halides is 2. The summed E-state index contributed by atoms with van der Waals surface area (Å²) >= 11 is 10.7. The molecular weight excluding hydrogens is 760 g/mol. The lowest BCUT2D eigenvalue weighted by Gasteiger charge is -2.29. The third-order valence-electron chi connectivity index (χ3n) is 8.16. The number of nitrogens with zero attached hydrogens (tertiary/aromatic N) is 2. The standard InChI is InChI=1S/C33H25Br3N2O6/c1-16-10-18(34)11-21-24(33(43)44-15-29(40)20-4-2-3-5-28(20)39)14-27(37-30(16)21)17-6-8-19(9-7-17)38-31(41)22-12-25(35)26(36)13-23(22)32(38)42/h2-11,14,22-23,25-26,39H,12-13,15H2,1H3. The maximum absolute atomic E-state index is 13.4. The van der Waals surface area contributed by atoms with Gasteiger partial charge in [-0.25, -0.2) is 9.78 Å². The normalized spacial score (nSPS) is 21.4. The second-order valence-corrected chi connectivity index (χ2v) is 14.2. The summed E-state index contributed by atoms with van der Waals surface area (Å²) in [4.78, 5) is 58.9. The fourth-order valence-corrected chi connectivity index (χ4v) is 7.71. The summed E-state index contributed by atoms with van der Waals surface area (Å²) in [6.45, 7) is 1.32. The third kappa shape index (κ3) is 5.61. The highest BCUT2D eigenvalue weighted by Crippen LogP contribution is 2.44. The number of benzene rings is 3. The zero-order chi connectivity index (χ0) is 31.3. The van der Waals surface area contributed by atoms with Gasteiger partial charge in [0.1, 0.15) is 5.75 Å². The zero-order valence-corrected chi connectivity index (χ0v) is 28.1. The molecule has 2 aliphatic rings. The molecule has 1 aromatic heterocycles. The van der Waals surface area contributed by atoms with Crippen molar-refractivity contribution in [3.63, 3.8) is 0 Å². The van der Waals surface area contributed by atoms with Crippen molar-refractivity contribution in [2.24, 2.45) is 11.8 Å². The number of para-hydroxylation sites is 1. The summed E-state index contributed by atoms with van der Waals surface area (Å²) in [6.07, 6.45) is 1.18. The lowest BCUT2D eigenvalue weighted by atomic mass is 9.81. The number of fused-ring (bicyclic) bond motifs is 2. The number of imide groups is 1. The first kappa shape index (κ1) is 30.6. The number of ether oxygens (including phenoxy) is 1. The topological polar surface area (TPSA) is 114 Å². The van der Waals surface area contributed by atoms with Gasteiger partial charge in [-0.05, 0) is 67.8 Å². The van der Waals surface area contributed by atoms with Gasteiger partial charge in [0, 0.05) is 25.1 Å². The molecule has 4 atom stereocenters. The van der Waals surface area contributed by atoms with E-state index in [0.717, 1.165) is 10.0 Å². The first-order valence-electron chi connectivity index (χ1n) is 13.9. The number of Topliss-reactive ketones (excluding diaryl/α,β-unsaturated/α-hetero) is 1. The fourth-order valence-electron chi connectivity index (χ4n) is 5.90. The highest BCUT2D eigenvalue weighted by Gasteiger charge is 2.52. The first-order chi connectivity index (χ1) is 21.0. The Bertz CT molecular complexity index is 1820. The smallest absolute Gasteiger partial charge is 0.339 e. The molecule has 1 saturated heterocycles. The third-order valence-corrected chi connectivity index (χ3v) is 11.4. The van der Waals surface area contributed by atoms with Crippen LogP contribution in [-0.2, 0) is 14.3 Å². The van der Waals surface area contributed by atoms with Gasteiger partial charge in [-0.15, -0.1) is 0 Å². The van der Waals surface area contributed by atoms with E-state index in [1.54, 1.807) is 48.5 Å². The van der Waals surface area contributed by atoms with E-state index in [4.69, 9.17) is 9.72 Å². The summed E-state index contributed by atoms with van der Waals surface area (Å²) in [5.74, 6) is -2.53. The minimum Gasteiger partial charge on any atom is -0.507 e. The van der Waals surface area contributed by atoms with Crippen molar-refractivity contribution in [3.8, 4) is 17.0 Å². The number of hydrogen-bond acceptors (Lipinski definition) is 7. The van der Waals surface area contributed by atoms with Gasteiger partial charge in [0.15, 0.2) is 6.61 Å². The molecule has 4 aromatic rings. The number of anilines is 1. The Hall–Kier alpha value is -3.41. The van der Waals surface area contributed by atoms with E-state index in [9.17, 15) is 24.3 Å². The molecule has 0 radical (unpaired) electrons. The molecule has 1 aliphatic heterocycles. The number of amides is 2. The number of aryl methyl sites for hydroxylation is 1. The van der Waals surface area contributed by atoms with Crippen LogP contribution in [0.3, 0.4) is 0 Å². The largest absolute Gasteiger partial charge is 0.507 e. The van der Waals surface area contributed by atoms with E-state index in [0.29, 0.717) is 40.7 Å². The molecule has 4 unspecified atom stereocenters. The number of ketones is 1. The van der Waals surface area contributed by atoms with Crippen LogP contribution in [-0.4, -0.2) is 49.9 Å². The number of carbonyl (C=O) groups excluding carboxylic acids is 4. The SMILES string of the molecule is Cc1cc(Br)cc2c(C(=O)OCC(=O)c3ccccc3O)cc(-c3ccc(N4C(=O)C5CC(Br)C(Br)CC5C4=O)cc3)nc12. The first-order valence-corrected chi connectivity index (χ1v) is 16.5. The van der Waals surface area contributed by atoms with Gasteiger partial charge in [-0.3, -0.25) is 19.3 Å². The molecule has 2 fully saturated rings. The number of halogens is 3. The Morgan fingerprint density at radius 1 is 0.932 bits per heavy atom. The van der Waals surface area contributed by atoms with Crippen LogP contribution >= 0.6 is 47.8 Å². The highest BCUT2D eigenvalue weighted by atomic mass is 79.9. The molecule has 224 valence electrons. The van der Waals surface area contributed by atoms with Gasteiger partial charge in [-0.2, -0.15) is 0 Å². The Balaban J connectivity index is 1.30. The van der Waals surface area contributed by atoms with Crippen LogP contribution in [0, 0.1) is 18.8 Å². The van der Waals surface area contributed by atoms with Gasteiger partial charge < -0.3 is 9.84 Å². The van der Waals surface area contributed by atoms with Crippen LogP contribution in [0.2, 0.25) is 0 Å². The molecule has 0 spiro atoms. The Labute approximate surface area is 278 Å². The lowest BCUT2D eigenvalue weighted by molar-refractivity contribution is -0.122. The lowest BCUT2D eigenvalue weighted by Crippen LogP contribution is -2.34. The van der Waals surface area contributed by atoms with E-state index >= 15 is 0 Å². The van der Waals surface area contributed by atoms with Crippen LogP contribution in [0.15, 0.2) is 71.2 Å². The number of esters is 1. The Morgan fingerprint density at radius 2 is 1.57 bits per heavy atom. The molecule has 1 N–H and O–H groups in total. The van der Waals surface area contributed by atoms with Crippen LogP contribution in [0.4, 0.5) is 5.69 Å². The number of aromatic hydroxyl groups is 1. The zero-order valence-electron chi connectivity index (χ0n) is 23.3. The summed E-state index contributed by atoms with van der Waals surface area (Å²) in [6, 6.07) is 18.3. The number of aromatic nitrogens is 1. The molecule has 8 nitrogen and oxygen atoms in total. The maximum atomic E-state index is 13.4. The molecular formula is C33H25Br3N2O6. The summed E-state index contributed by atoms with van der Waals surface area (Å²) < 4.78 is 6.17.